The van der Waals surface area contributed by atoms with E-state index in [9.17, 15) is 0 Å². The zero-order chi connectivity index (χ0) is 13.9. The number of hydrogen-bond acceptors (Lipinski definition) is 1. The van der Waals surface area contributed by atoms with Crippen molar-refractivity contribution >= 4 is 0 Å². The highest BCUT2D eigenvalue weighted by Crippen LogP contribution is 2.32. The molecule has 104 valence electrons. The zero-order valence-electron chi connectivity index (χ0n) is 13.2. The summed E-state index contributed by atoms with van der Waals surface area (Å²) in [6, 6.07) is 0. The molecule has 18 heavy (non-hydrogen) atoms. The summed E-state index contributed by atoms with van der Waals surface area (Å²) in [5.74, 6) is 2.24. The van der Waals surface area contributed by atoms with E-state index in [0.717, 1.165) is 12.2 Å². The Balaban J connectivity index is 3.16. The molecule has 0 aliphatic rings. The number of aromatic nitrogens is 2. The maximum atomic E-state index is 4.90. The molecule has 0 bridgehead atoms. The lowest BCUT2D eigenvalue weighted by atomic mass is 9.89. The Morgan fingerprint density at radius 2 is 1.78 bits per heavy atom. The van der Waals surface area contributed by atoms with Crippen LogP contribution in [0.25, 0.3) is 0 Å². The Bertz CT molecular complexity index is 374. The molecule has 1 rings (SSSR count). The molecule has 1 heterocycles. The third kappa shape index (κ3) is 3.15. The maximum Gasteiger partial charge on any atom is 0.112 e. The molecule has 0 spiro atoms. The van der Waals surface area contributed by atoms with Crippen LogP contribution < -0.4 is 0 Å². The maximum absolute atomic E-state index is 4.90. The first-order valence-electron chi connectivity index (χ1n) is 7.43. The fraction of sp³-hybridized carbons (Fsp3) is 0.812. The Kier molecular flexibility index (Phi) is 5.01. The van der Waals surface area contributed by atoms with Gasteiger partial charge < -0.3 is 4.98 Å². The first-order chi connectivity index (χ1) is 8.33. The number of aromatic amines is 1. The van der Waals surface area contributed by atoms with Gasteiger partial charge in [-0.2, -0.15) is 0 Å². The molecule has 0 radical (unpaired) electrons. The number of hydrogen-bond donors (Lipinski definition) is 1. The summed E-state index contributed by atoms with van der Waals surface area (Å²) in [5, 5.41) is 0. The van der Waals surface area contributed by atoms with Crippen molar-refractivity contribution in [2.45, 2.75) is 85.0 Å². The van der Waals surface area contributed by atoms with Crippen molar-refractivity contribution in [3.8, 4) is 0 Å². The van der Waals surface area contributed by atoms with Crippen molar-refractivity contribution in [1.29, 1.82) is 0 Å². The van der Waals surface area contributed by atoms with E-state index in [-0.39, 0.29) is 5.41 Å². The van der Waals surface area contributed by atoms with E-state index in [1.54, 1.807) is 0 Å². The molecule has 0 fully saturated rings. The number of rotatable bonds is 6. The van der Waals surface area contributed by atoms with Gasteiger partial charge in [0.25, 0.3) is 0 Å². The van der Waals surface area contributed by atoms with Gasteiger partial charge in [-0.25, -0.2) is 4.98 Å². The number of imidazole rings is 1. The van der Waals surface area contributed by atoms with Gasteiger partial charge in [-0.05, 0) is 24.7 Å². The molecule has 2 heteroatoms. The first-order valence-corrected chi connectivity index (χ1v) is 7.43. The van der Waals surface area contributed by atoms with Gasteiger partial charge in [-0.15, -0.1) is 0 Å². The molecule has 0 aliphatic heterocycles. The highest BCUT2D eigenvalue weighted by Gasteiger charge is 2.26. The zero-order valence-corrected chi connectivity index (χ0v) is 13.2. The summed E-state index contributed by atoms with van der Waals surface area (Å²) < 4.78 is 0. The van der Waals surface area contributed by atoms with E-state index in [0.29, 0.717) is 11.8 Å². The second-order valence-corrected chi connectivity index (χ2v) is 6.47. The molecule has 0 aliphatic carbocycles. The Morgan fingerprint density at radius 3 is 2.22 bits per heavy atom. The molecule has 2 nitrogen and oxygen atoms in total. The molecule has 0 aromatic carbocycles. The van der Waals surface area contributed by atoms with Gasteiger partial charge in [0.15, 0.2) is 0 Å². The van der Waals surface area contributed by atoms with E-state index in [4.69, 9.17) is 4.98 Å². The van der Waals surface area contributed by atoms with Gasteiger partial charge in [0.2, 0.25) is 0 Å². The van der Waals surface area contributed by atoms with Crippen molar-refractivity contribution < 1.29 is 0 Å². The standard InChI is InChI=1S/C16H30N2/c1-8-10-12(5)14-13(11(3)4)17-15(18-14)16(6,7)9-2/h11-12H,8-10H2,1-7H3,(H,17,18). The molecule has 0 saturated carbocycles. The molecule has 1 aromatic rings. The molecular formula is C16H30N2. The SMILES string of the molecule is CCCC(C)c1[nH]c(C(C)(C)CC)nc1C(C)C. The summed E-state index contributed by atoms with van der Waals surface area (Å²) in [5.41, 5.74) is 2.78. The van der Waals surface area contributed by atoms with Crippen molar-refractivity contribution in [1.82, 2.24) is 9.97 Å². The predicted octanol–water partition coefficient (Wildman–Crippen LogP) is 5.12. The molecule has 1 aromatic heterocycles. The third-order valence-electron chi connectivity index (χ3n) is 4.05. The van der Waals surface area contributed by atoms with Gasteiger partial charge in [-0.1, -0.05) is 54.9 Å². The van der Waals surface area contributed by atoms with Crippen molar-refractivity contribution in [3.63, 3.8) is 0 Å². The second kappa shape index (κ2) is 5.90. The predicted molar refractivity (Wildman–Crippen MR) is 79.3 cm³/mol. The summed E-state index contributed by atoms with van der Waals surface area (Å²) >= 11 is 0. The third-order valence-corrected chi connectivity index (χ3v) is 4.05. The molecule has 0 saturated heterocycles. The van der Waals surface area contributed by atoms with E-state index in [1.165, 1.54) is 24.2 Å². The van der Waals surface area contributed by atoms with Crippen LogP contribution in [0, 0.1) is 0 Å². The van der Waals surface area contributed by atoms with Crippen LogP contribution in [-0.4, -0.2) is 9.97 Å². The lowest BCUT2D eigenvalue weighted by Crippen LogP contribution is -2.17. The minimum Gasteiger partial charge on any atom is -0.345 e. The Morgan fingerprint density at radius 1 is 1.17 bits per heavy atom. The van der Waals surface area contributed by atoms with Crippen LogP contribution in [-0.2, 0) is 5.41 Å². The molecule has 1 N–H and O–H groups in total. The van der Waals surface area contributed by atoms with Gasteiger partial charge >= 0.3 is 0 Å². The summed E-state index contributed by atoms with van der Waals surface area (Å²) in [4.78, 5) is 8.53. The van der Waals surface area contributed by atoms with Gasteiger partial charge in [0.1, 0.15) is 5.82 Å². The first kappa shape index (κ1) is 15.3. The Labute approximate surface area is 113 Å². The van der Waals surface area contributed by atoms with Crippen molar-refractivity contribution in [2.24, 2.45) is 0 Å². The fourth-order valence-corrected chi connectivity index (χ4v) is 2.28. The smallest absolute Gasteiger partial charge is 0.112 e. The van der Waals surface area contributed by atoms with Crippen molar-refractivity contribution in [3.05, 3.63) is 17.2 Å². The molecular weight excluding hydrogens is 220 g/mol. The van der Waals surface area contributed by atoms with Crippen molar-refractivity contribution in [2.75, 3.05) is 0 Å². The van der Waals surface area contributed by atoms with Crippen LogP contribution in [0.1, 0.15) is 96.8 Å². The molecule has 0 amide bonds. The summed E-state index contributed by atoms with van der Waals surface area (Å²) in [6.07, 6.45) is 3.57. The number of H-pyrrole nitrogens is 1. The number of nitrogens with zero attached hydrogens (tertiary/aromatic N) is 1. The lowest BCUT2D eigenvalue weighted by molar-refractivity contribution is 0.475. The normalized spacial score (nSPS) is 14.2. The second-order valence-electron chi connectivity index (χ2n) is 6.47. The van der Waals surface area contributed by atoms with Gasteiger partial charge in [0.05, 0.1) is 5.69 Å². The van der Waals surface area contributed by atoms with E-state index in [1.807, 2.05) is 0 Å². The molecule has 1 unspecified atom stereocenters. The van der Waals surface area contributed by atoms with E-state index < -0.39 is 0 Å². The highest BCUT2D eigenvalue weighted by molar-refractivity contribution is 5.24. The van der Waals surface area contributed by atoms with Crippen LogP contribution >= 0.6 is 0 Å². The minimum atomic E-state index is 0.147. The van der Waals surface area contributed by atoms with Gasteiger partial charge in [0, 0.05) is 11.1 Å². The van der Waals surface area contributed by atoms with Gasteiger partial charge in [-0.3, -0.25) is 0 Å². The fourth-order valence-electron chi connectivity index (χ4n) is 2.28. The van der Waals surface area contributed by atoms with Crippen LogP contribution in [0.4, 0.5) is 0 Å². The largest absolute Gasteiger partial charge is 0.345 e. The van der Waals surface area contributed by atoms with E-state index in [2.05, 4.69) is 53.5 Å². The summed E-state index contributed by atoms with van der Waals surface area (Å²) in [6.45, 7) is 15.8. The topological polar surface area (TPSA) is 28.7 Å². The number of nitrogens with one attached hydrogen (secondary N) is 1. The summed E-state index contributed by atoms with van der Waals surface area (Å²) in [7, 11) is 0. The Hall–Kier alpha value is -0.790. The highest BCUT2D eigenvalue weighted by atomic mass is 15.0. The van der Waals surface area contributed by atoms with E-state index >= 15 is 0 Å². The quantitative estimate of drug-likeness (QED) is 0.745. The van der Waals surface area contributed by atoms with Crippen LogP contribution in [0.15, 0.2) is 0 Å². The average Bonchev–Trinajstić information content (AvgIpc) is 2.75. The minimum absolute atomic E-state index is 0.147. The monoisotopic (exact) mass is 250 g/mol. The average molecular weight is 250 g/mol. The van der Waals surface area contributed by atoms with Crippen LogP contribution in [0.5, 0.6) is 0 Å². The lowest BCUT2D eigenvalue weighted by Gasteiger charge is -2.19. The van der Waals surface area contributed by atoms with Crippen LogP contribution in [0.2, 0.25) is 0 Å². The van der Waals surface area contributed by atoms with Crippen LogP contribution in [0.3, 0.4) is 0 Å². The molecule has 1 atom stereocenters.